The van der Waals surface area contributed by atoms with Gasteiger partial charge in [0.05, 0.1) is 6.54 Å². The van der Waals surface area contributed by atoms with Gasteiger partial charge in [-0.1, -0.05) is 23.7 Å². The third-order valence-electron chi connectivity index (χ3n) is 4.33. The van der Waals surface area contributed by atoms with Crippen LogP contribution in [0.4, 0.5) is 0 Å². The first-order valence-electron chi connectivity index (χ1n) is 7.43. The van der Waals surface area contributed by atoms with Gasteiger partial charge in [0.15, 0.2) is 0 Å². The maximum atomic E-state index is 12.0. The second-order valence-corrected chi connectivity index (χ2v) is 6.43. The van der Waals surface area contributed by atoms with E-state index >= 15 is 0 Å². The van der Waals surface area contributed by atoms with Crippen LogP contribution < -0.4 is 10.6 Å². The normalized spacial score (nSPS) is 18.4. The third kappa shape index (κ3) is 4.99. The molecule has 1 amide bonds. The smallest absolute Gasteiger partial charge is 0.234 e. The predicted molar refractivity (Wildman–Crippen MR) is 86.4 cm³/mol. The summed E-state index contributed by atoms with van der Waals surface area (Å²) >= 11 is 5.84. The minimum atomic E-state index is 0.0815. The lowest BCUT2D eigenvalue weighted by atomic mass is 9.90. The van der Waals surface area contributed by atoms with Gasteiger partial charge >= 0.3 is 0 Å². The minimum absolute atomic E-state index is 0.0815. The molecule has 1 aliphatic rings. The second-order valence-electron chi connectivity index (χ2n) is 5.99. The van der Waals surface area contributed by atoms with Crippen molar-refractivity contribution in [3.8, 4) is 0 Å². The largest absolute Gasteiger partial charge is 0.351 e. The molecular formula is C16H24ClN3O. The molecule has 4 nitrogen and oxygen atoms in total. The first-order valence-corrected chi connectivity index (χ1v) is 7.81. The van der Waals surface area contributed by atoms with Gasteiger partial charge in [0.2, 0.25) is 5.91 Å². The predicted octanol–water partition coefficient (Wildman–Crippen LogP) is 2.03. The molecule has 0 atom stereocenters. The summed E-state index contributed by atoms with van der Waals surface area (Å²) in [5.74, 6) is 0.0815. The number of piperidine rings is 1. The molecule has 0 radical (unpaired) electrons. The molecule has 1 aliphatic heterocycles. The van der Waals surface area contributed by atoms with E-state index in [0.29, 0.717) is 18.1 Å². The summed E-state index contributed by atoms with van der Waals surface area (Å²) in [6.07, 6.45) is 2.15. The van der Waals surface area contributed by atoms with Crippen molar-refractivity contribution >= 4 is 17.5 Å². The first-order chi connectivity index (χ1) is 10.0. The fourth-order valence-corrected chi connectivity index (χ4v) is 2.64. The Kier molecular flexibility index (Phi) is 5.62. The zero-order chi connectivity index (χ0) is 15.3. The Morgan fingerprint density at radius 2 is 1.90 bits per heavy atom. The van der Waals surface area contributed by atoms with Crippen molar-refractivity contribution in [2.24, 2.45) is 0 Å². The summed E-state index contributed by atoms with van der Waals surface area (Å²) in [6, 6.07) is 7.54. The quantitative estimate of drug-likeness (QED) is 0.875. The Labute approximate surface area is 131 Å². The Morgan fingerprint density at radius 3 is 2.48 bits per heavy atom. The van der Waals surface area contributed by atoms with Crippen LogP contribution in [-0.2, 0) is 11.3 Å². The maximum absolute atomic E-state index is 12.0. The summed E-state index contributed by atoms with van der Waals surface area (Å²) in [5, 5.41) is 7.04. The van der Waals surface area contributed by atoms with Gasteiger partial charge in [0, 0.05) is 30.2 Å². The van der Waals surface area contributed by atoms with E-state index < -0.39 is 0 Å². The lowest BCUT2D eigenvalue weighted by Gasteiger charge is -2.39. The second kappa shape index (κ2) is 7.25. The number of carbonyl (C=O) groups excluding carboxylic acids is 1. The van der Waals surface area contributed by atoms with Gasteiger partial charge in [0.1, 0.15) is 0 Å². The lowest BCUT2D eigenvalue weighted by Crippen LogP contribution is -2.51. The van der Waals surface area contributed by atoms with E-state index in [2.05, 4.69) is 22.5 Å². The molecule has 5 heteroatoms. The Balaban J connectivity index is 1.72. The topological polar surface area (TPSA) is 44.4 Å². The van der Waals surface area contributed by atoms with E-state index in [-0.39, 0.29) is 11.4 Å². The summed E-state index contributed by atoms with van der Waals surface area (Å²) in [5.41, 5.74) is 1.28. The van der Waals surface area contributed by atoms with Crippen molar-refractivity contribution in [2.75, 3.05) is 26.7 Å². The lowest BCUT2D eigenvalue weighted by molar-refractivity contribution is -0.122. The van der Waals surface area contributed by atoms with Crippen LogP contribution in [0.25, 0.3) is 0 Å². The molecule has 0 aliphatic carbocycles. The number of likely N-dealkylation sites (tertiary alicyclic amines) is 1. The molecule has 116 valence electrons. The monoisotopic (exact) mass is 309 g/mol. The molecule has 1 fully saturated rings. The highest BCUT2D eigenvalue weighted by molar-refractivity contribution is 6.30. The Morgan fingerprint density at radius 1 is 1.29 bits per heavy atom. The number of rotatable bonds is 5. The van der Waals surface area contributed by atoms with Gasteiger partial charge in [-0.25, -0.2) is 0 Å². The highest BCUT2D eigenvalue weighted by Gasteiger charge is 2.28. The van der Waals surface area contributed by atoms with Crippen molar-refractivity contribution < 1.29 is 4.79 Å². The van der Waals surface area contributed by atoms with Crippen molar-refractivity contribution in [1.82, 2.24) is 15.5 Å². The Bertz CT molecular complexity index is 467. The number of hydrogen-bond acceptors (Lipinski definition) is 3. The van der Waals surface area contributed by atoms with E-state index in [0.717, 1.165) is 31.5 Å². The Hall–Kier alpha value is -1.10. The molecule has 2 rings (SSSR count). The maximum Gasteiger partial charge on any atom is 0.234 e. The van der Waals surface area contributed by atoms with Crippen LogP contribution in [0, 0.1) is 0 Å². The van der Waals surface area contributed by atoms with Crippen LogP contribution in [-0.4, -0.2) is 43.0 Å². The van der Waals surface area contributed by atoms with E-state index in [1.54, 1.807) is 0 Å². The van der Waals surface area contributed by atoms with Crippen LogP contribution >= 0.6 is 11.6 Å². The molecule has 21 heavy (non-hydrogen) atoms. The van der Waals surface area contributed by atoms with Gasteiger partial charge in [-0.15, -0.1) is 0 Å². The van der Waals surface area contributed by atoms with Gasteiger partial charge in [0.25, 0.3) is 0 Å². The fourth-order valence-electron chi connectivity index (χ4n) is 2.52. The van der Waals surface area contributed by atoms with Gasteiger partial charge in [-0.3, -0.25) is 9.69 Å². The zero-order valence-electron chi connectivity index (χ0n) is 12.8. The third-order valence-corrected chi connectivity index (χ3v) is 4.59. The number of halogens is 1. The van der Waals surface area contributed by atoms with Crippen LogP contribution in [0.1, 0.15) is 25.3 Å². The molecule has 0 unspecified atom stereocenters. The van der Waals surface area contributed by atoms with Crippen LogP contribution in [0.15, 0.2) is 24.3 Å². The van der Waals surface area contributed by atoms with E-state index in [4.69, 9.17) is 11.6 Å². The summed E-state index contributed by atoms with van der Waals surface area (Å²) in [7, 11) is 2.01. The molecule has 1 heterocycles. The number of hydrogen-bond donors (Lipinski definition) is 2. The first kappa shape index (κ1) is 16.3. The van der Waals surface area contributed by atoms with Crippen molar-refractivity contribution in [1.29, 1.82) is 0 Å². The molecule has 1 saturated heterocycles. The van der Waals surface area contributed by atoms with E-state index in [9.17, 15) is 4.79 Å². The van der Waals surface area contributed by atoms with Crippen molar-refractivity contribution in [3.05, 3.63) is 34.9 Å². The van der Waals surface area contributed by atoms with Crippen molar-refractivity contribution in [3.63, 3.8) is 0 Å². The summed E-state index contributed by atoms with van der Waals surface area (Å²) in [4.78, 5) is 14.2. The fraction of sp³-hybridized carbons (Fsp3) is 0.562. The molecule has 0 spiro atoms. The number of amides is 1. The van der Waals surface area contributed by atoms with Gasteiger partial charge in [-0.05, 0) is 44.5 Å². The highest BCUT2D eigenvalue weighted by Crippen LogP contribution is 2.20. The van der Waals surface area contributed by atoms with Gasteiger partial charge < -0.3 is 10.6 Å². The molecule has 0 bridgehead atoms. The SMILES string of the molecule is CNC1(C)CCN(CC(=O)NCc2ccc(Cl)cc2)CC1. The molecule has 0 saturated carbocycles. The average Bonchev–Trinajstić information content (AvgIpc) is 2.49. The molecule has 1 aromatic carbocycles. The number of nitrogens with one attached hydrogen (secondary N) is 2. The highest BCUT2D eigenvalue weighted by atomic mass is 35.5. The summed E-state index contributed by atoms with van der Waals surface area (Å²) < 4.78 is 0. The van der Waals surface area contributed by atoms with Crippen LogP contribution in [0.5, 0.6) is 0 Å². The summed E-state index contributed by atoms with van der Waals surface area (Å²) in [6.45, 7) is 5.20. The van der Waals surface area contributed by atoms with E-state index in [1.807, 2.05) is 31.3 Å². The standard InChI is InChI=1S/C16H24ClN3O/c1-16(18-2)7-9-20(10-8-16)12-15(21)19-11-13-3-5-14(17)6-4-13/h3-6,18H,7-12H2,1-2H3,(H,19,21). The minimum Gasteiger partial charge on any atom is -0.351 e. The van der Waals surface area contributed by atoms with Crippen LogP contribution in [0.2, 0.25) is 5.02 Å². The number of benzene rings is 1. The number of nitrogens with zero attached hydrogens (tertiary/aromatic N) is 1. The number of carbonyl (C=O) groups is 1. The van der Waals surface area contributed by atoms with Gasteiger partial charge in [-0.2, -0.15) is 0 Å². The average molecular weight is 310 g/mol. The zero-order valence-corrected chi connectivity index (χ0v) is 13.5. The van der Waals surface area contributed by atoms with Crippen molar-refractivity contribution in [2.45, 2.75) is 31.8 Å². The molecular weight excluding hydrogens is 286 g/mol. The van der Waals surface area contributed by atoms with E-state index in [1.165, 1.54) is 0 Å². The molecule has 1 aromatic rings. The molecule has 2 N–H and O–H groups in total. The van der Waals surface area contributed by atoms with Crippen LogP contribution in [0.3, 0.4) is 0 Å². The molecule has 0 aromatic heterocycles.